The number of halogens is 1. The number of hydrogen-bond acceptors (Lipinski definition) is 5. The van der Waals surface area contributed by atoms with E-state index in [1.54, 1.807) is 0 Å². The molecule has 0 radical (unpaired) electrons. The molecule has 0 unspecified atom stereocenters. The summed E-state index contributed by atoms with van der Waals surface area (Å²) in [5, 5.41) is 4.61. The summed E-state index contributed by atoms with van der Waals surface area (Å²) in [4.78, 5) is 18.4. The van der Waals surface area contributed by atoms with Crippen LogP contribution in [0.3, 0.4) is 0 Å². The molecule has 0 spiro atoms. The van der Waals surface area contributed by atoms with Crippen LogP contribution < -0.4 is 10.6 Å². The summed E-state index contributed by atoms with van der Waals surface area (Å²) in [6.45, 7) is 6.59. The third-order valence-electron chi connectivity index (χ3n) is 5.00. The van der Waals surface area contributed by atoms with Crippen molar-refractivity contribution < 1.29 is 13.9 Å². The summed E-state index contributed by atoms with van der Waals surface area (Å²) >= 11 is 0. The Labute approximate surface area is 161 Å². The third kappa shape index (κ3) is 3.20. The van der Waals surface area contributed by atoms with Gasteiger partial charge in [-0.1, -0.05) is 6.92 Å². The number of ether oxygens (including phenoxy) is 1. The van der Waals surface area contributed by atoms with Gasteiger partial charge in [0.1, 0.15) is 11.6 Å². The van der Waals surface area contributed by atoms with Gasteiger partial charge in [0, 0.05) is 19.5 Å². The van der Waals surface area contributed by atoms with Crippen LogP contribution in [0.1, 0.15) is 28.7 Å². The number of hydrogen-bond donors (Lipinski definition) is 1. The zero-order valence-electron chi connectivity index (χ0n) is 15.9. The zero-order valence-corrected chi connectivity index (χ0v) is 15.9. The molecule has 146 valence electrons. The highest BCUT2D eigenvalue weighted by Crippen LogP contribution is 2.31. The van der Waals surface area contributed by atoms with Crippen LogP contribution in [0.15, 0.2) is 24.3 Å². The molecule has 1 aliphatic rings. The first kappa shape index (κ1) is 18.4. The second-order valence-electron chi connectivity index (χ2n) is 6.86. The van der Waals surface area contributed by atoms with Crippen LogP contribution in [0.25, 0.3) is 16.8 Å². The fourth-order valence-corrected chi connectivity index (χ4v) is 3.51. The number of nitrogens with two attached hydrogens (primary N) is 1. The van der Waals surface area contributed by atoms with Gasteiger partial charge in [-0.05, 0) is 47.9 Å². The van der Waals surface area contributed by atoms with Crippen molar-refractivity contribution in [3.8, 4) is 11.1 Å². The summed E-state index contributed by atoms with van der Waals surface area (Å²) in [7, 11) is 0. The van der Waals surface area contributed by atoms with E-state index in [1.165, 1.54) is 12.1 Å². The first-order chi connectivity index (χ1) is 13.5. The van der Waals surface area contributed by atoms with Gasteiger partial charge in [-0.25, -0.2) is 9.37 Å². The molecule has 0 bridgehead atoms. The lowest BCUT2D eigenvalue weighted by Gasteiger charge is -2.29. The second kappa shape index (κ2) is 7.20. The summed E-state index contributed by atoms with van der Waals surface area (Å²) in [5.74, 6) is 0.246. The van der Waals surface area contributed by atoms with Crippen molar-refractivity contribution in [2.45, 2.75) is 20.3 Å². The standard InChI is InChI=1S/C20H22FN5O2/c1-3-17-23-18-9-13(14-11-15(20(22)27)16(21)8-12(14)2)10-19(26(18)24-17)25-4-6-28-7-5-25/h8-11H,3-7H2,1-2H3,(H2,22,27). The molecule has 8 heteroatoms. The van der Waals surface area contributed by atoms with E-state index in [0.29, 0.717) is 18.9 Å². The van der Waals surface area contributed by atoms with Crippen LogP contribution in [0.2, 0.25) is 0 Å². The van der Waals surface area contributed by atoms with Gasteiger partial charge in [0.2, 0.25) is 0 Å². The van der Waals surface area contributed by atoms with Gasteiger partial charge in [-0.3, -0.25) is 4.79 Å². The lowest BCUT2D eigenvalue weighted by molar-refractivity contribution is 0.0996. The molecule has 0 atom stereocenters. The number of primary amides is 1. The molecule has 28 heavy (non-hydrogen) atoms. The Morgan fingerprint density at radius 1 is 1.25 bits per heavy atom. The van der Waals surface area contributed by atoms with Crippen molar-refractivity contribution in [1.29, 1.82) is 0 Å². The highest BCUT2D eigenvalue weighted by molar-refractivity contribution is 5.95. The zero-order chi connectivity index (χ0) is 19.8. The van der Waals surface area contributed by atoms with E-state index in [-0.39, 0.29) is 5.56 Å². The Balaban J connectivity index is 1.93. The molecule has 3 heterocycles. The number of carbonyl (C=O) groups is 1. The summed E-state index contributed by atoms with van der Waals surface area (Å²) in [5.41, 5.74) is 8.23. The molecule has 0 saturated carbocycles. The molecule has 1 aliphatic heterocycles. The van der Waals surface area contributed by atoms with Crippen LogP contribution >= 0.6 is 0 Å². The van der Waals surface area contributed by atoms with Gasteiger partial charge in [-0.15, -0.1) is 5.10 Å². The van der Waals surface area contributed by atoms with E-state index in [4.69, 9.17) is 10.5 Å². The molecular weight excluding hydrogens is 361 g/mol. The highest BCUT2D eigenvalue weighted by Gasteiger charge is 2.20. The highest BCUT2D eigenvalue weighted by atomic mass is 19.1. The van der Waals surface area contributed by atoms with Crippen molar-refractivity contribution in [3.05, 3.63) is 47.0 Å². The minimum Gasteiger partial charge on any atom is -0.378 e. The molecule has 7 nitrogen and oxygen atoms in total. The van der Waals surface area contributed by atoms with Crippen molar-refractivity contribution in [2.75, 3.05) is 31.2 Å². The lowest BCUT2D eigenvalue weighted by Crippen LogP contribution is -2.37. The van der Waals surface area contributed by atoms with E-state index < -0.39 is 11.7 Å². The number of anilines is 1. The Morgan fingerprint density at radius 3 is 2.68 bits per heavy atom. The first-order valence-corrected chi connectivity index (χ1v) is 9.30. The Morgan fingerprint density at radius 2 is 2.00 bits per heavy atom. The smallest absolute Gasteiger partial charge is 0.251 e. The van der Waals surface area contributed by atoms with Crippen LogP contribution in [-0.4, -0.2) is 46.8 Å². The molecule has 4 rings (SSSR count). The predicted molar refractivity (Wildman–Crippen MR) is 104 cm³/mol. The van der Waals surface area contributed by atoms with E-state index in [2.05, 4.69) is 15.0 Å². The fourth-order valence-electron chi connectivity index (χ4n) is 3.51. The topological polar surface area (TPSA) is 85.8 Å². The number of benzene rings is 1. The molecule has 1 aromatic carbocycles. The van der Waals surface area contributed by atoms with Gasteiger partial charge in [0.05, 0.1) is 18.8 Å². The van der Waals surface area contributed by atoms with Crippen LogP contribution in [0, 0.1) is 12.7 Å². The number of fused-ring (bicyclic) bond motifs is 1. The first-order valence-electron chi connectivity index (χ1n) is 9.30. The quantitative estimate of drug-likeness (QED) is 0.747. The fraction of sp³-hybridized carbons (Fsp3) is 0.350. The maximum Gasteiger partial charge on any atom is 0.251 e. The normalized spacial score (nSPS) is 14.6. The number of amides is 1. The van der Waals surface area contributed by atoms with Gasteiger partial charge < -0.3 is 15.4 Å². The molecular formula is C20H22FN5O2. The van der Waals surface area contributed by atoms with E-state index in [1.807, 2.05) is 30.5 Å². The largest absolute Gasteiger partial charge is 0.378 e. The minimum absolute atomic E-state index is 0.121. The van der Waals surface area contributed by atoms with Crippen molar-refractivity contribution >= 4 is 17.4 Å². The van der Waals surface area contributed by atoms with E-state index in [9.17, 15) is 9.18 Å². The maximum absolute atomic E-state index is 14.1. The molecule has 1 amide bonds. The Kier molecular flexibility index (Phi) is 4.72. The van der Waals surface area contributed by atoms with Gasteiger partial charge >= 0.3 is 0 Å². The monoisotopic (exact) mass is 383 g/mol. The third-order valence-corrected chi connectivity index (χ3v) is 5.00. The number of nitrogens with zero attached hydrogens (tertiary/aromatic N) is 4. The molecule has 1 saturated heterocycles. The number of pyridine rings is 1. The molecule has 1 fully saturated rings. The number of morpholine rings is 1. The van der Waals surface area contributed by atoms with E-state index in [0.717, 1.165) is 47.8 Å². The van der Waals surface area contributed by atoms with Crippen LogP contribution in [0.4, 0.5) is 10.2 Å². The van der Waals surface area contributed by atoms with Gasteiger partial charge in [0.25, 0.3) is 5.91 Å². The molecule has 0 aliphatic carbocycles. The average molecular weight is 383 g/mol. The predicted octanol–water partition coefficient (Wildman–Crippen LogP) is 2.34. The minimum atomic E-state index is -0.788. The van der Waals surface area contributed by atoms with Crippen LogP contribution in [-0.2, 0) is 11.2 Å². The van der Waals surface area contributed by atoms with Crippen molar-refractivity contribution in [3.63, 3.8) is 0 Å². The van der Waals surface area contributed by atoms with Gasteiger partial charge in [-0.2, -0.15) is 4.52 Å². The van der Waals surface area contributed by atoms with Crippen LogP contribution in [0.5, 0.6) is 0 Å². The maximum atomic E-state index is 14.1. The molecule has 2 N–H and O–H groups in total. The summed E-state index contributed by atoms with van der Waals surface area (Å²) in [6, 6.07) is 6.76. The van der Waals surface area contributed by atoms with Gasteiger partial charge in [0.15, 0.2) is 11.5 Å². The number of aryl methyl sites for hydroxylation is 2. The Bertz CT molecular complexity index is 1060. The lowest BCUT2D eigenvalue weighted by atomic mass is 9.97. The molecule has 2 aromatic heterocycles. The number of rotatable bonds is 4. The van der Waals surface area contributed by atoms with Crippen molar-refractivity contribution in [2.24, 2.45) is 5.73 Å². The second-order valence-corrected chi connectivity index (χ2v) is 6.86. The molecule has 3 aromatic rings. The summed E-state index contributed by atoms with van der Waals surface area (Å²) < 4.78 is 21.4. The Hall–Kier alpha value is -3.00. The average Bonchev–Trinajstić information content (AvgIpc) is 3.11. The van der Waals surface area contributed by atoms with E-state index >= 15 is 0 Å². The SMILES string of the molecule is CCc1nc2cc(-c3cc(C(N)=O)c(F)cc3C)cc(N3CCOCC3)n2n1. The number of aromatic nitrogens is 3. The van der Waals surface area contributed by atoms with Crippen molar-refractivity contribution in [1.82, 2.24) is 14.6 Å². The number of carbonyl (C=O) groups excluding carboxylic acids is 1. The summed E-state index contributed by atoms with van der Waals surface area (Å²) in [6.07, 6.45) is 0.723.